The van der Waals surface area contributed by atoms with E-state index >= 15 is 0 Å². The topological polar surface area (TPSA) is 67.8 Å². The number of benzene rings is 2. The van der Waals surface area contributed by atoms with Crippen LogP contribution in [0.5, 0.6) is 5.75 Å². The zero-order chi connectivity index (χ0) is 16.9. The van der Waals surface area contributed by atoms with E-state index in [-0.39, 0.29) is 4.90 Å². The van der Waals surface area contributed by atoms with E-state index in [4.69, 9.17) is 27.9 Å². The number of rotatable bonds is 6. The monoisotopic (exact) mass is 372 g/mol. The van der Waals surface area contributed by atoms with Gasteiger partial charge in [-0.3, -0.25) is 0 Å². The van der Waals surface area contributed by atoms with Gasteiger partial charge in [-0.05, 0) is 37.3 Å². The molecule has 2 rings (SSSR count). The molecule has 0 saturated heterocycles. The second kappa shape index (κ2) is 7.68. The van der Waals surface area contributed by atoms with Crippen LogP contribution in [0.25, 0.3) is 0 Å². The van der Waals surface area contributed by atoms with E-state index in [2.05, 4.69) is 9.93 Å². The number of nitrogens with one attached hydrogen (secondary N) is 1. The fourth-order valence-electron chi connectivity index (χ4n) is 1.72. The molecule has 0 amide bonds. The van der Waals surface area contributed by atoms with Gasteiger partial charge in [-0.1, -0.05) is 35.3 Å². The Morgan fingerprint density at radius 2 is 1.87 bits per heavy atom. The lowest BCUT2D eigenvalue weighted by Crippen LogP contribution is -2.18. The lowest BCUT2D eigenvalue weighted by atomic mass is 10.2. The van der Waals surface area contributed by atoms with Crippen molar-refractivity contribution in [3.63, 3.8) is 0 Å². The highest BCUT2D eigenvalue weighted by atomic mass is 35.5. The Kier molecular flexibility index (Phi) is 5.87. The average molecular weight is 373 g/mol. The lowest BCUT2D eigenvalue weighted by Gasteiger charge is -2.06. The molecule has 0 aliphatic rings. The predicted octanol–water partition coefficient (Wildman–Crippen LogP) is 3.70. The van der Waals surface area contributed by atoms with Crippen LogP contribution in [0.1, 0.15) is 12.5 Å². The van der Waals surface area contributed by atoms with Crippen LogP contribution in [0.4, 0.5) is 0 Å². The molecule has 23 heavy (non-hydrogen) atoms. The number of nitrogens with zero attached hydrogens (tertiary/aromatic N) is 1. The molecule has 0 unspecified atom stereocenters. The van der Waals surface area contributed by atoms with Crippen molar-refractivity contribution >= 4 is 39.4 Å². The van der Waals surface area contributed by atoms with Gasteiger partial charge in [-0.15, -0.1) is 0 Å². The summed E-state index contributed by atoms with van der Waals surface area (Å²) in [6, 6.07) is 11.0. The van der Waals surface area contributed by atoms with E-state index in [1.165, 1.54) is 18.3 Å². The normalized spacial score (nSPS) is 11.6. The maximum Gasteiger partial charge on any atom is 0.276 e. The molecule has 0 fully saturated rings. The lowest BCUT2D eigenvalue weighted by molar-refractivity contribution is 0.340. The van der Waals surface area contributed by atoms with Gasteiger partial charge in [0.15, 0.2) is 0 Å². The Bertz CT molecular complexity index is 806. The molecule has 0 spiro atoms. The minimum atomic E-state index is -3.76. The van der Waals surface area contributed by atoms with Crippen LogP contribution in [0.2, 0.25) is 10.0 Å². The number of halogens is 2. The molecular weight excluding hydrogens is 359 g/mol. The summed E-state index contributed by atoms with van der Waals surface area (Å²) in [6.07, 6.45) is 1.29. The highest BCUT2D eigenvalue weighted by molar-refractivity contribution is 7.89. The van der Waals surface area contributed by atoms with Gasteiger partial charge in [-0.25, -0.2) is 4.83 Å². The first-order valence-electron chi connectivity index (χ1n) is 6.66. The molecule has 122 valence electrons. The smallest absolute Gasteiger partial charge is 0.276 e. The third kappa shape index (κ3) is 4.60. The van der Waals surface area contributed by atoms with E-state index in [9.17, 15) is 8.42 Å². The molecule has 0 radical (unpaired) electrons. The van der Waals surface area contributed by atoms with Crippen LogP contribution in [0.15, 0.2) is 52.5 Å². The molecular formula is C15H14Cl2N2O3S. The molecule has 0 saturated carbocycles. The maximum absolute atomic E-state index is 12.1. The Hall–Kier alpha value is -1.76. The van der Waals surface area contributed by atoms with Gasteiger partial charge in [0.1, 0.15) is 5.75 Å². The van der Waals surface area contributed by atoms with Gasteiger partial charge >= 0.3 is 0 Å². The molecule has 0 aliphatic heterocycles. The minimum Gasteiger partial charge on any atom is -0.494 e. The summed E-state index contributed by atoms with van der Waals surface area (Å²) >= 11 is 11.9. The minimum absolute atomic E-state index is 0.0790. The molecule has 5 nitrogen and oxygen atoms in total. The van der Waals surface area contributed by atoms with Gasteiger partial charge in [0.05, 0.1) is 27.8 Å². The van der Waals surface area contributed by atoms with Gasteiger partial charge in [-0.2, -0.15) is 13.5 Å². The molecule has 0 bridgehead atoms. The molecule has 0 aliphatic carbocycles. The van der Waals surface area contributed by atoms with Crippen molar-refractivity contribution in [2.24, 2.45) is 5.10 Å². The first-order chi connectivity index (χ1) is 10.9. The van der Waals surface area contributed by atoms with Crippen molar-refractivity contribution < 1.29 is 13.2 Å². The van der Waals surface area contributed by atoms with Crippen LogP contribution in [0.3, 0.4) is 0 Å². The second-order valence-corrected chi connectivity index (χ2v) is 6.85. The largest absolute Gasteiger partial charge is 0.494 e. The summed E-state index contributed by atoms with van der Waals surface area (Å²) < 4.78 is 29.5. The highest BCUT2D eigenvalue weighted by Crippen LogP contribution is 2.24. The summed E-state index contributed by atoms with van der Waals surface area (Å²) in [5.41, 5.74) is 0.508. The maximum atomic E-state index is 12.1. The first kappa shape index (κ1) is 17.6. The Morgan fingerprint density at radius 3 is 2.52 bits per heavy atom. The summed E-state index contributed by atoms with van der Waals surface area (Å²) in [4.78, 5) is 2.20. The molecule has 0 aromatic heterocycles. The number of hydrogen-bond acceptors (Lipinski definition) is 4. The third-order valence-electron chi connectivity index (χ3n) is 2.80. The fourth-order valence-corrected chi connectivity index (χ4v) is 2.87. The first-order valence-corrected chi connectivity index (χ1v) is 8.89. The van der Waals surface area contributed by atoms with Crippen LogP contribution in [-0.4, -0.2) is 21.2 Å². The zero-order valence-electron chi connectivity index (χ0n) is 12.2. The van der Waals surface area contributed by atoms with Crippen LogP contribution >= 0.6 is 23.2 Å². The van der Waals surface area contributed by atoms with E-state index in [1.54, 1.807) is 30.3 Å². The van der Waals surface area contributed by atoms with E-state index in [1.807, 2.05) is 6.92 Å². The number of sulfonamides is 1. The summed E-state index contributed by atoms with van der Waals surface area (Å²) in [5.74, 6) is 0.598. The van der Waals surface area contributed by atoms with Crippen molar-refractivity contribution in [3.8, 4) is 5.75 Å². The van der Waals surface area contributed by atoms with Gasteiger partial charge < -0.3 is 4.74 Å². The molecule has 8 heteroatoms. The van der Waals surface area contributed by atoms with E-state index in [0.717, 1.165) is 0 Å². The standard InChI is InChI=1S/C15H14Cl2N2O3S/c1-2-22-12-6-8-13(9-7-12)23(20,21)19-18-10-11-4-3-5-14(16)15(11)17/h3-10,19H,2H2,1H3/b18-10-. The van der Waals surface area contributed by atoms with E-state index < -0.39 is 10.0 Å². The number of ether oxygens (including phenoxy) is 1. The van der Waals surface area contributed by atoms with Crippen molar-refractivity contribution in [3.05, 3.63) is 58.1 Å². The quantitative estimate of drug-likeness (QED) is 0.620. The van der Waals surface area contributed by atoms with Crippen LogP contribution in [-0.2, 0) is 10.0 Å². The summed E-state index contributed by atoms with van der Waals surface area (Å²) in [6.45, 7) is 2.36. The Labute approximate surface area is 144 Å². The van der Waals surface area contributed by atoms with Crippen molar-refractivity contribution in [1.29, 1.82) is 0 Å². The van der Waals surface area contributed by atoms with Crippen LogP contribution in [0, 0.1) is 0 Å². The van der Waals surface area contributed by atoms with Gasteiger partial charge in [0.25, 0.3) is 10.0 Å². The molecule has 2 aromatic carbocycles. The molecule has 0 atom stereocenters. The van der Waals surface area contributed by atoms with Crippen molar-refractivity contribution in [1.82, 2.24) is 4.83 Å². The number of hydrogen-bond donors (Lipinski definition) is 1. The van der Waals surface area contributed by atoms with Crippen molar-refractivity contribution in [2.75, 3.05) is 6.61 Å². The Morgan fingerprint density at radius 1 is 1.17 bits per heavy atom. The third-order valence-corrected chi connectivity index (χ3v) is 4.88. The van der Waals surface area contributed by atoms with E-state index in [0.29, 0.717) is 28.0 Å². The summed E-state index contributed by atoms with van der Waals surface area (Å²) in [7, 11) is -3.76. The SMILES string of the molecule is CCOc1ccc(S(=O)(=O)N/N=C\c2cccc(Cl)c2Cl)cc1. The highest BCUT2D eigenvalue weighted by Gasteiger charge is 2.12. The molecule has 1 N–H and O–H groups in total. The van der Waals surface area contributed by atoms with Crippen LogP contribution < -0.4 is 9.57 Å². The van der Waals surface area contributed by atoms with Gasteiger partial charge in [0, 0.05) is 5.56 Å². The van der Waals surface area contributed by atoms with Gasteiger partial charge in [0.2, 0.25) is 0 Å². The molecule has 2 aromatic rings. The van der Waals surface area contributed by atoms with Crippen molar-refractivity contribution in [2.45, 2.75) is 11.8 Å². The fraction of sp³-hybridized carbons (Fsp3) is 0.133. The zero-order valence-corrected chi connectivity index (χ0v) is 14.5. The summed E-state index contributed by atoms with van der Waals surface area (Å²) in [5, 5.41) is 4.38. The number of hydrazone groups is 1. The predicted molar refractivity (Wildman–Crippen MR) is 92.0 cm³/mol. The second-order valence-electron chi connectivity index (χ2n) is 4.40. The Balaban J connectivity index is 2.12. The average Bonchev–Trinajstić information content (AvgIpc) is 2.52. The molecule has 0 heterocycles.